The molecule has 0 radical (unpaired) electrons. The van der Waals surface area contributed by atoms with Crippen LogP contribution in [-0.4, -0.2) is 33.7 Å². The largest absolute Gasteiger partial charge is 0.305 e. The van der Waals surface area contributed by atoms with E-state index < -0.39 is 0 Å². The molecule has 0 bridgehead atoms. The van der Waals surface area contributed by atoms with Gasteiger partial charge in [-0.1, -0.05) is 23.7 Å². The minimum Gasteiger partial charge on any atom is -0.305 e. The van der Waals surface area contributed by atoms with Gasteiger partial charge in [0, 0.05) is 37.6 Å². The molecule has 3 heterocycles. The first kappa shape index (κ1) is 16.5. The Morgan fingerprint density at radius 2 is 2.00 bits per heavy atom. The summed E-state index contributed by atoms with van der Waals surface area (Å²) in [7, 11) is 0. The Labute approximate surface area is 151 Å². The highest BCUT2D eigenvalue weighted by Gasteiger charge is 2.22. The van der Waals surface area contributed by atoms with E-state index in [9.17, 15) is 4.79 Å². The molecule has 1 aromatic heterocycles. The highest BCUT2D eigenvalue weighted by atomic mass is 35.5. The highest BCUT2D eigenvalue weighted by molar-refractivity contribution is 6.30. The van der Waals surface area contributed by atoms with Gasteiger partial charge in [-0.25, -0.2) is 4.98 Å². The molecule has 0 atom stereocenters. The third-order valence-corrected chi connectivity index (χ3v) is 5.12. The first-order chi connectivity index (χ1) is 12.2. The van der Waals surface area contributed by atoms with E-state index in [0.29, 0.717) is 12.4 Å². The van der Waals surface area contributed by atoms with Gasteiger partial charge in [-0.05, 0) is 37.0 Å². The molecule has 2 aromatic rings. The van der Waals surface area contributed by atoms with Crippen molar-refractivity contribution < 1.29 is 0 Å². The molecule has 130 valence electrons. The van der Waals surface area contributed by atoms with Crippen LogP contribution in [0, 0.1) is 0 Å². The molecule has 2 aliphatic heterocycles. The number of nitrogens with one attached hydrogen (secondary N) is 1. The number of hydrogen-bond donors (Lipinski definition) is 1. The Hall–Kier alpha value is -1.98. The Balaban J connectivity index is 1.54. The minimum atomic E-state index is -0.0194. The second kappa shape index (κ2) is 7.10. The van der Waals surface area contributed by atoms with Crippen LogP contribution in [-0.2, 0) is 19.5 Å². The van der Waals surface area contributed by atoms with Gasteiger partial charge in [0.1, 0.15) is 0 Å². The fourth-order valence-electron chi connectivity index (χ4n) is 3.49. The summed E-state index contributed by atoms with van der Waals surface area (Å²) in [4.78, 5) is 27.1. The molecular formula is C19H21ClN4O. The maximum atomic E-state index is 12.6. The van der Waals surface area contributed by atoms with E-state index in [0.717, 1.165) is 67.3 Å². The maximum Gasteiger partial charge on any atom is 0.255 e. The Morgan fingerprint density at radius 3 is 2.76 bits per heavy atom. The number of aliphatic imine (C=N–C) groups is 1. The molecule has 4 rings (SSSR count). The van der Waals surface area contributed by atoms with Gasteiger partial charge in [0.15, 0.2) is 5.82 Å². The predicted molar refractivity (Wildman–Crippen MR) is 99.4 cm³/mol. The van der Waals surface area contributed by atoms with Crippen LogP contribution in [0.5, 0.6) is 0 Å². The van der Waals surface area contributed by atoms with Gasteiger partial charge in [0.05, 0.1) is 17.0 Å². The summed E-state index contributed by atoms with van der Waals surface area (Å²) in [5.41, 5.74) is 3.86. The summed E-state index contributed by atoms with van der Waals surface area (Å²) in [6, 6.07) is 7.87. The second-order valence-corrected chi connectivity index (χ2v) is 7.15. The minimum absolute atomic E-state index is 0.0194. The molecule has 5 nitrogen and oxygen atoms in total. The Morgan fingerprint density at radius 1 is 1.16 bits per heavy atom. The van der Waals surface area contributed by atoms with E-state index in [1.165, 1.54) is 5.56 Å². The number of halogens is 1. The van der Waals surface area contributed by atoms with Crippen LogP contribution in [0.15, 0.2) is 34.1 Å². The molecule has 0 saturated heterocycles. The molecule has 0 amide bonds. The normalized spacial score (nSPS) is 17.9. The molecule has 0 saturated carbocycles. The number of fused-ring (bicyclic) bond motifs is 1. The van der Waals surface area contributed by atoms with Gasteiger partial charge < -0.3 is 4.98 Å². The van der Waals surface area contributed by atoms with Crippen LogP contribution in [0.3, 0.4) is 0 Å². The quantitative estimate of drug-likeness (QED) is 0.919. The van der Waals surface area contributed by atoms with E-state index in [1.54, 1.807) is 0 Å². The summed E-state index contributed by atoms with van der Waals surface area (Å²) in [5.74, 6) is 0.676. The van der Waals surface area contributed by atoms with Crippen LogP contribution in [0.4, 0.5) is 0 Å². The zero-order valence-corrected chi connectivity index (χ0v) is 14.9. The molecular weight excluding hydrogens is 336 g/mol. The molecule has 2 aliphatic rings. The van der Waals surface area contributed by atoms with Crippen molar-refractivity contribution in [1.82, 2.24) is 14.9 Å². The monoisotopic (exact) mass is 356 g/mol. The summed E-state index contributed by atoms with van der Waals surface area (Å²) in [5, 5.41) is 0.742. The van der Waals surface area contributed by atoms with E-state index in [4.69, 9.17) is 16.6 Å². The van der Waals surface area contributed by atoms with Gasteiger partial charge in [-0.15, -0.1) is 0 Å². The SMILES string of the molecule is O=c1[nH]c(C2=NCCCC2)nc2c1CN(Cc1ccc(Cl)cc1)CC2. The van der Waals surface area contributed by atoms with Gasteiger partial charge in [-0.2, -0.15) is 0 Å². The van der Waals surface area contributed by atoms with Crippen molar-refractivity contribution >= 4 is 17.3 Å². The van der Waals surface area contributed by atoms with Crippen molar-refractivity contribution in [2.24, 2.45) is 4.99 Å². The molecule has 0 aliphatic carbocycles. The lowest BCUT2D eigenvalue weighted by atomic mass is 10.0. The second-order valence-electron chi connectivity index (χ2n) is 6.71. The highest BCUT2D eigenvalue weighted by Crippen LogP contribution is 2.19. The molecule has 25 heavy (non-hydrogen) atoms. The summed E-state index contributed by atoms with van der Waals surface area (Å²) in [6.45, 7) is 3.18. The van der Waals surface area contributed by atoms with Crippen LogP contribution < -0.4 is 5.56 Å². The molecule has 1 aromatic carbocycles. The smallest absolute Gasteiger partial charge is 0.255 e. The summed E-state index contributed by atoms with van der Waals surface area (Å²) >= 11 is 5.94. The maximum absolute atomic E-state index is 12.6. The lowest BCUT2D eigenvalue weighted by Crippen LogP contribution is -2.36. The van der Waals surface area contributed by atoms with Crippen LogP contribution >= 0.6 is 11.6 Å². The third kappa shape index (κ3) is 3.67. The molecule has 1 N–H and O–H groups in total. The van der Waals surface area contributed by atoms with Gasteiger partial charge in [0.25, 0.3) is 5.56 Å². The van der Waals surface area contributed by atoms with Crippen molar-refractivity contribution in [2.45, 2.75) is 38.8 Å². The van der Waals surface area contributed by atoms with E-state index in [2.05, 4.69) is 14.9 Å². The number of rotatable bonds is 3. The number of H-pyrrole nitrogens is 1. The third-order valence-electron chi connectivity index (χ3n) is 4.86. The zero-order chi connectivity index (χ0) is 17.2. The fraction of sp³-hybridized carbons (Fsp3) is 0.421. The first-order valence-corrected chi connectivity index (χ1v) is 9.19. The zero-order valence-electron chi connectivity index (χ0n) is 14.1. The number of benzene rings is 1. The summed E-state index contributed by atoms with van der Waals surface area (Å²) < 4.78 is 0. The number of aromatic nitrogens is 2. The van der Waals surface area contributed by atoms with E-state index in [1.807, 2.05) is 24.3 Å². The lowest BCUT2D eigenvalue weighted by molar-refractivity contribution is 0.241. The Kier molecular flexibility index (Phi) is 4.68. The van der Waals surface area contributed by atoms with E-state index in [-0.39, 0.29) is 5.56 Å². The van der Waals surface area contributed by atoms with Crippen molar-refractivity contribution in [1.29, 1.82) is 0 Å². The number of hydrogen-bond acceptors (Lipinski definition) is 4. The fourth-order valence-corrected chi connectivity index (χ4v) is 3.62. The number of aromatic amines is 1. The van der Waals surface area contributed by atoms with Gasteiger partial charge in [0.2, 0.25) is 0 Å². The van der Waals surface area contributed by atoms with Gasteiger partial charge in [-0.3, -0.25) is 14.7 Å². The summed E-state index contributed by atoms with van der Waals surface area (Å²) in [6.07, 6.45) is 3.95. The van der Waals surface area contributed by atoms with Crippen molar-refractivity contribution in [3.05, 3.63) is 62.3 Å². The molecule has 0 unspecified atom stereocenters. The first-order valence-electron chi connectivity index (χ1n) is 8.81. The predicted octanol–water partition coefficient (Wildman–Crippen LogP) is 2.95. The standard InChI is InChI=1S/C19H21ClN4O/c20-14-6-4-13(5-7-14)11-24-10-8-16-15(12-24)19(25)23-18(22-16)17-3-1-2-9-21-17/h4-7H,1-3,8-12H2,(H,22,23,25). The van der Waals surface area contributed by atoms with Crippen LogP contribution in [0.1, 0.15) is 41.9 Å². The molecule has 6 heteroatoms. The van der Waals surface area contributed by atoms with E-state index >= 15 is 0 Å². The van der Waals surface area contributed by atoms with Crippen LogP contribution in [0.25, 0.3) is 0 Å². The molecule has 0 spiro atoms. The topological polar surface area (TPSA) is 61.4 Å². The van der Waals surface area contributed by atoms with Crippen molar-refractivity contribution in [3.8, 4) is 0 Å². The molecule has 0 fully saturated rings. The lowest BCUT2D eigenvalue weighted by Gasteiger charge is -2.28. The average molecular weight is 357 g/mol. The van der Waals surface area contributed by atoms with Gasteiger partial charge >= 0.3 is 0 Å². The van der Waals surface area contributed by atoms with Crippen LogP contribution in [0.2, 0.25) is 5.02 Å². The number of nitrogens with zero attached hydrogens (tertiary/aromatic N) is 3. The Bertz CT molecular complexity index is 857. The van der Waals surface area contributed by atoms with Crippen molar-refractivity contribution in [3.63, 3.8) is 0 Å². The van der Waals surface area contributed by atoms with Crippen molar-refractivity contribution in [2.75, 3.05) is 13.1 Å². The average Bonchev–Trinajstić information content (AvgIpc) is 2.65.